The van der Waals surface area contributed by atoms with Crippen molar-refractivity contribution >= 4 is 0 Å². The lowest BCUT2D eigenvalue weighted by Gasteiger charge is -2.40. The van der Waals surface area contributed by atoms with E-state index in [0.717, 1.165) is 18.7 Å². The van der Waals surface area contributed by atoms with Crippen LogP contribution < -0.4 is 5.73 Å². The summed E-state index contributed by atoms with van der Waals surface area (Å²) in [4.78, 5) is 2.46. The second-order valence-corrected chi connectivity index (χ2v) is 5.87. The summed E-state index contributed by atoms with van der Waals surface area (Å²) < 4.78 is 13.8. The quantitative estimate of drug-likeness (QED) is 0.906. The molecule has 2 nitrogen and oxygen atoms in total. The van der Waals surface area contributed by atoms with Gasteiger partial charge in [0.15, 0.2) is 0 Å². The first kappa shape index (κ1) is 14.5. The van der Waals surface area contributed by atoms with Crippen LogP contribution in [-0.4, -0.2) is 30.1 Å². The third-order valence-corrected chi connectivity index (χ3v) is 4.34. The summed E-state index contributed by atoms with van der Waals surface area (Å²) in [5.74, 6) is -0.114. The summed E-state index contributed by atoms with van der Waals surface area (Å²) in [5, 5.41) is 0. The number of rotatable bonds is 4. The third-order valence-electron chi connectivity index (χ3n) is 4.34. The molecule has 0 aliphatic carbocycles. The van der Waals surface area contributed by atoms with E-state index in [0.29, 0.717) is 13.0 Å². The van der Waals surface area contributed by atoms with Crippen molar-refractivity contribution in [3.8, 4) is 0 Å². The van der Waals surface area contributed by atoms with Crippen LogP contribution in [0.2, 0.25) is 0 Å². The van der Waals surface area contributed by atoms with Gasteiger partial charge in [-0.3, -0.25) is 4.90 Å². The standard InChI is InChI=1S/C16H25FN2/c1-16(13-18,19-10-6-2-3-7-11-19)12-14-8-4-5-9-15(14)17/h4-5,8-9H,2-3,6-7,10-13,18H2,1H3. The van der Waals surface area contributed by atoms with E-state index >= 15 is 0 Å². The van der Waals surface area contributed by atoms with E-state index in [1.165, 1.54) is 31.7 Å². The monoisotopic (exact) mass is 264 g/mol. The van der Waals surface area contributed by atoms with Crippen molar-refractivity contribution in [3.63, 3.8) is 0 Å². The SMILES string of the molecule is CC(CN)(Cc1ccccc1F)N1CCCCCC1. The maximum Gasteiger partial charge on any atom is 0.126 e. The van der Waals surface area contributed by atoms with Crippen molar-refractivity contribution in [2.24, 2.45) is 5.73 Å². The van der Waals surface area contributed by atoms with Gasteiger partial charge in [-0.2, -0.15) is 0 Å². The van der Waals surface area contributed by atoms with Crippen molar-refractivity contribution in [2.45, 2.75) is 44.6 Å². The van der Waals surface area contributed by atoms with E-state index in [1.807, 2.05) is 12.1 Å². The number of benzene rings is 1. The van der Waals surface area contributed by atoms with Gasteiger partial charge in [-0.25, -0.2) is 4.39 Å². The van der Waals surface area contributed by atoms with E-state index < -0.39 is 0 Å². The highest BCUT2D eigenvalue weighted by Crippen LogP contribution is 2.24. The molecule has 1 aliphatic heterocycles. The molecule has 1 atom stereocenters. The summed E-state index contributed by atoms with van der Waals surface area (Å²) in [6, 6.07) is 7.05. The van der Waals surface area contributed by atoms with E-state index in [4.69, 9.17) is 5.73 Å². The molecule has 2 rings (SSSR count). The van der Waals surface area contributed by atoms with E-state index in [-0.39, 0.29) is 11.4 Å². The fourth-order valence-electron chi connectivity index (χ4n) is 2.98. The van der Waals surface area contributed by atoms with Gasteiger partial charge < -0.3 is 5.73 Å². The van der Waals surface area contributed by atoms with Gasteiger partial charge in [0.05, 0.1) is 0 Å². The van der Waals surface area contributed by atoms with E-state index in [9.17, 15) is 4.39 Å². The molecule has 1 saturated heterocycles. The molecule has 3 heteroatoms. The Morgan fingerprint density at radius 1 is 1.16 bits per heavy atom. The van der Waals surface area contributed by atoms with Gasteiger partial charge in [0.25, 0.3) is 0 Å². The van der Waals surface area contributed by atoms with Crippen LogP contribution in [0.1, 0.15) is 38.2 Å². The minimum absolute atomic E-state index is 0.114. The van der Waals surface area contributed by atoms with Gasteiger partial charge in [-0.1, -0.05) is 31.0 Å². The van der Waals surface area contributed by atoms with Crippen molar-refractivity contribution in [1.82, 2.24) is 4.90 Å². The van der Waals surface area contributed by atoms with Crippen molar-refractivity contribution in [2.75, 3.05) is 19.6 Å². The fourth-order valence-corrected chi connectivity index (χ4v) is 2.98. The molecule has 19 heavy (non-hydrogen) atoms. The first-order valence-electron chi connectivity index (χ1n) is 7.34. The number of nitrogens with zero attached hydrogens (tertiary/aromatic N) is 1. The van der Waals surface area contributed by atoms with Gasteiger partial charge >= 0.3 is 0 Å². The molecule has 1 heterocycles. The topological polar surface area (TPSA) is 29.3 Å². The molecule has 1 fully saturated rings. The number of halogens is 1. The molecule has 1 aromatic rings. The third kappa shape index (κ3) is 3.54. The molecule has 0 spiro atoms. The van der Waals surface area contributed by atoms with Gasteiger partial charge in [-0.05, 0) is 50.9 Å². The lowest BCUT2D eigenvalue weighted by atomic mass is 9.90. The molecule has 0 amide bonds. The minimum atomic E-state index is -0.132. The van der Waals surface area contributed by atoms with Crippen LogP contribution in [0.5, 0.6) is 0 Å². The van der Waals surface area contributed by atoms with E-state index in [2.05, 4.69) is 11.8 Å². The minimum Gasteiger partial charge on any atom is -0.329 e. The largest absolute Gasteiger partial charge is 0.329 e. The summed E-state index contributed by atoms with van der Waals surface area (Å²) in [5.41, 5.74) is 6.67. The highest BCUT2D eigenvalue weighted by molar-refractivity contribution is 5.20. The van der Waals surface area contributed by atoms with Crippen LogP contribution in [0, 0.1) is 5.82 Å². The number of nitrogens with two attached hydrogens (primary N) is 1. The maximum atomic E-state index is 13.8. The van der Waals surface area contributed by atoms with Crippen molar-refractivity contribution < 1.29 is 4.39 Å². The van der Waals surface area contributed by atoms with Crippen LogP contribution in [0.3, 0.4) is 0 Å². The van der Waals surface area contributed by atoms with Crippen LogP contribution >= 0.6 is 0 Å². The first-order valence-corrected chi connectivity index (χ1v) is 7.34. The molecular formula is C16H25FN2. The van der Waals surface area contributed by atoms with Crippen LogP contribution in [0.4, 0.5) is 4.39 Å². The van der Waals surface area contributed by atoms with Crippen molar-refractivity contribution in [3.05, 3.63) is 35.6 Å². The Labute approximate surface area is 115 Å². The number of hydrogen-bond donors (Lipinski definition) is 1. The zero-order chi connectivity index (χ0) is 13.7. The Balaban J connectivity index is 2.14. The molecule has 0 aromatic heterocycles. The molecule has 0 saturated carbocycles. The Kier molecular flexibility index (Phi) is 4.94. The van der Waals surface area contributed by atoms with Gasteiger partial charge in [0.2, 0.25) is 0 Å². The average molecular weight is 264 g/mol. The first-order chi connectivity index (χ1) is 9.15. The Morgan fingerprint density at radius 3 is 2.37 bits per heavy atom. The summed E-state index contributed by atoms with van der Waals surface area (Å²) >= 11 is 0. The molecule has 106 valence electrons. The molecule has 2 N–H and O–H groups in total. The molecule has 0 bridgehead atoms. The number of hydrogen-bond acceptors (Lipinski definition) is 2. The second-order valence-electron chi connectivity index (χ2n) is 5.87. The summed E-state index contributed by atoms with van der Waals surface area (Å²) in [6.07, 6.45) is 5.75. The molecule has 1 aliphatic rings. The Morgan fingerprint density at radius 2 is 1.79 bits per heavy atom. The summed E-state index contributed by atoms with van der Waals surface area (Å²) in [6.45, 7) is 4.91. The molecular weight excluding hydrogens is 239 g/mol. The lowest BCUT2D eigenvalue weighted by molar-refractivity contribution is 0.114. The normalized spacial score (nSPS) is 20.8. The highest BCUT2D eigenvalue weighted by atomic mass is 19.1. The fraction of sp³-hybridized carbons (Fsp3) is 0.625. The lowest BCUT2D eigenvalue weighted by Crippen LogP contribution is -2.53. The zero-order valence-electron chi connectivity index (χ0n) is 11.9. The van der Waals surface area contributed by atoms with Crippen LogP contribution in [0.25, 0.3) is 0 Å². The second kappa shape index (κ2) is 6.49. The highest BCUT2D eigenvalue weighted by Gasteiger charge is 2.31. The molecule has 1 unspecified atom stereocenters. The molecule has 1 aromatic carbocycles. The predicted octanol–water partition coefficient (Wildman–Crippen LogP) is 2.96. The zero-order valence-corrected chi connectivity index (χ0v) is 11.9. The predicted molar refractivity (Wildman–Crippen MR) is 77.6 cm³/mol. The van der Waals surface area contributed by atoms with Gasteiger partial charge in [0, 0.05) is 12.1 Å². The van der Waals surface area contributed by atoms with Gasteiger partial charge in [-0.15, -0.1) is 0 Å². The average Bonchev–Trinajstić information content (AvgIpc) is 2.71. The van der Waals surface area contributed by atoms with E-state index in [1.54, 1.807) is 6.07 Å². The Bertz CT molecular complexity index is 399. The van der Waals surface area contributed by atoms with Crippen molar-refractivity contribution in [1.29, 1.82) is 0 Å². The van der Waals surface area contributed by atoms with Crippen LogP contribution in [0.15, 0.2) is 24.3 Å². The maximum absolute atomic E-state index is 13.8. The molecule has 0 radical (unpaired) electrons. The van der Waals surface area contributed by atoms with Gasteiger partial charge in [0.1, 0.15) is 5.82 Å². The smallest absolute Gasteiger partial charge is 0.126 e. The number of likely N-dealkylation sites (tertiary alicyclic amines) is 1. The summed E-state index contributed by atoms with van der Waals surface area (Å²) in [7, 11) is 0. The van der Waals surface area contributed by atoms with Crippen LogP contribution in [-0.2, 0) is 6.42 Å². The Hall–Kier alpha value is -0.930.